The third-order valence-corrected chi connectivity index (χ3v) is 6.42. The Morgan fingerprint density at radius 2 is 1.95 bits per heavy atom. The first-order chi connectivity index (χ1) is 10.7. The number of ether oxygens (including phenoxy) is 1. The molecule has 3 N–H and O–H groups in total. The Hall–Kier alpha value is -0.200. The molecule has 0 amide bonds. The number of nitrogens with one attached hydrogen (secondary N) is 3. The van der Waals surface area contributed by atoms with Gasteiger partial charge in [0, 0.05) is 38.3 Å². The van der Waals surface area contributed by atoms with Gasteiger partial charge in [-0.1, -0.05) is 0 Å². The van der Waals surface area contributed by atoms with E-state index >= 15 is 0 Å². The van der Waals surface area contributed by atoms with Crippen LogP contribution in [0.5, 0.6) is 0 Å². The average molecular weight is 308 g/mol. The van der Waals surface area contributed by atoms with Crippen LogP contribution >= 0.6 is 0 Å². The van der Waals surface area contributed by atoms with Crippen molar-refractivity contribution in [2.75, 3.05) is 52.9 Å². The molecule has 4 unspecified atom stereocenters. The van der Waals surface area contributed by atoms with Crippen molar-refractivity contribution in [3.63, 3.8) is 0 Å². The summed E-state index contributed by atoms with van der Waals surface area (Å²) >= 11 is 0. The summed E-state index contributed by atoms with van der Waals surface area (Å²) in [6, 6.07) is 1.07. The molecular formula is C17H32N4O. The molecule has 4 saturated heterocycles. The highest BCUT2D eigenvalue weighted by molar-refractivity contribution is 5.03. The van der Waals surface area contributed by atoms with Gasteiger partial charge in [-0.25, -0.2) is 0 Å². The molecule has 5 heteroatoms. The van der Waals surface area contributed by atoms with Gasteiger partial charge >= 0.3 is 0 Å². The van der Waals surface area contributed by atoms with Gasteiger partial charge in [-0.2, -0.15) is 0 Å². The molecule has 4 rings (SSSR count). The van der Waals surface area contributed by atoms with Crippen LogP contribution < -0.4 is 16.0 Å². The second kappa shape index (κ2) is 6.02. The van der Waals surface area contributed by atoms with Crippen molar-refractivity contribution in [3.8, 4) is 0 Å². The van der Waals surface area contributed by atoms with Crippen molar-refractivity contribution >= 4 is 0 Å². The van der Waals surface area contributed by atoms with E-state index in [1.165, 1.54) is 58.3 Å². The Morgan fingerprint density at radius 1 is 1.05 bits per heavy atom. The molecule has 4 aliphatic rings. The van der Waals surface area contributed by atoms with Crippen molar-refractivity contribution < 1.29 is 4.74 Å². The summed E-state index contributed by atoms with van der Waals surface area (Å²) in [4.78, 5) is 2.42. The molecule has 22 heavy (non-hydrogen) atoms. The lowest BCUT2D eigenvalue weighted by molar-refractivity contribution is -0.118. The second-order valence-corrected chi connectivity index (χ2v) is 8.29. The molecule has 4 atom stereocenters. The number of likely N-dealkylation sites (N-methyl/N-ethyl adjacent to an activating group) is 1. The Kier molecular flexibility index (Phi) is 4.20. The summed E-state index contributed by atoms with van der Waals surface area (Å²) in [5.41, 5.74) is 0.580. The molecule has 0 bridgehead atoms. The van der Waals surface area contributed by atoms with E-state index in [-0.39, 0.29) is 5.60 Å². The van der Waals surface area contributed by atoms with Crippen LogP contribution in [0.25, 0.3) is 0 Å². The SMILES string of the molecule is CN1CCCC2(CNC(C3CC4(CCCNC4)CN3)CO2)C1. The zero-order chi connectivity index (χ0) is 15.0. The lowest BCUT2D eigenvalue weighted by Gasteiger charge is -2.47. The van der Waals surface area contributed by atoms with E-state index in [1.807, 2.05) is 0 Å². The third kappa shape index (κ3) is 2.94. The maximum absolute atomic E-state index is 6.42. The summed E-state index contributed by atoms with van der Waals surface area (Å²) in [5, 5.41) is 11.2. The van der Waals surface area contributed by atoms with Crippen LogP contribution in [0.2, 0.25) is 0 Å². The quantitative estimate of drug-likeness (QED) is 0.645. The Morgan fingerprint density at radius 3 is 2.68 bits per heavy atom. The number of rotatable bonds is 1. The lowest BCUT2D eigenvalue weighted by atomic mass is 9.78. The van der Waals surface area contributed by atoms with E-state index in [0.717, 1.165) is 19.7 Å². The minimum Gasteiger partial charge on any atom is -0.371 e. The summed E-state index contributed by atoms with van der Waals surface area (Å²) < 4.78 is 6.42. The molecule has 0 radical (unpaired) electrons. The summed E-state index contributed by atoms with van der Waals surface area (Å²) in [7, 11) is 2.22. The molecule has 4 aliphatic heterocycles. The topological polar surface area (TPSA) is 48.6 Å². The van der Waals surface area contributed by atoms with Gasteiger partial charge in [-0.3, -0.25) is 0 Å². The van der Waals surface area contributed by atoms with Gasteiger partial charge in [0.25, 0.3) is 0 Å². The Balaban J connectivity index is 1.32. The molecule has 4 heterocycles. The van der Waals surface area contributed by atoms with Crippen LogP contribution in [0, 0.1) is 5.41 Å². The monoisotopic (exact) mass is 308 g/mol. The van der Waals surface area contributed by atoms with Gasteiger partial charge in [0.2, 0.25) is 0 Å². The Labute approximate surface area is 134 Å². The maximum Gasteiger partial charge on any atom is 0.0933 e. The van der Waals surface area contributed by atoms with Gasteiger partial charge in [0.15, 0.2) is 0 Å². The first-order valence-electron chi connectivity index (χ1n) is 9.19. The highest BCUT2D eigenvalue weighted by Crippen LogP contribution is 2.37. The average Bonchev–Trinajstić information content (AvgIpc) is 2.92. The second-order valence-electron chi connectivity index (χ2n) is 8.29. The fourth-order valence-electron chi connectivity index (χ4n) is 5.13. The minimum atomic E-state index is 0.0756. The predicted octanol–water partition coefficient (Wildman–Crippen LogP) is 0.171. The number of morpholine rings is 1. The summed E-state index contributed by atoms with van der Waals surface area (Å²) in [6.07, 6.45) is 6.49. The first kappa shape index (κ1) is 15.3. The maximum atomic E-state index is 6.42. The molecule has 0 aromatic heterocycles. The molecule has 0 saturated carbocycles. The van der Waals surface area contributed by atoms with E-state index in [1.54, 1.807) is 0 Å². The first-order valence-corrected chi connectivity index (χ1v) is 9.19. The standard InChI is InChI=1S/C17H32N4O/c1-21-7-3-5-17(13-21)12-20-15(9-22-17)14-8-16(11-19-14)4-2-6-18-10-16/h14-15,18-20H,2-13H2,1H3. The number of hydrogen-bond donors (Lipinski definition) is 3. The van der Waals surface area contributed by atoms with E-state index in [0.29, 0.717) is 17.5 Å². The van der Waals surface area contributed by atoms with Gasteiger partial charge in [-0.05, 0) is 57.7 Å². The lowest BCUT2D eigenvalue weighted by Crippen LogP contribution is -2.63. The van der Waals surface area contributed by atoms with E-state index in [4.69, 9.17) is 4.74 Å². The highest BCUT2D eigenvalue weighted by Gasteiger charge is 2.45. The molecule has 0 aromatic rings. The molecule has 2 spiro atoms. The van der Waals surface area contributed by atoms with Crippen LogP contribution in [-0.4, -0.2) is 75.5 Å². The fraction of sp³-hybridized carbons (Fsp3) is 1.00. The number of likely N-dealkylation sites (tertiary alicyclic amines) is 1. The van der Waals surface area contributed by atoms with Crippen LogP contribution in [0.4, 0.5) is 0 Å². The molecule has 4 fully saturated rings. The zero-order valence-electron chi connectivity index (χ0n) is 14.0. The van der Waals surface area contributed by atoms with Crippen molar-refractivity contribution in [2.24, 2.45) is 5.41 Å². The van der Waals surface area contributed by atoms with Crippen LogP contribution in [-0.2, 0) is 4.74 Å². The van der Waals surface area contributed by atoms with Crippen LogP contribution in [0.3, 0.4) is 0 Å². The summed E-state index contributed by atoms with van der Waals surface area (Å²) in [6.45, 7) is 7.76. The number of nitrogens with zero attached hydrogens (tertiary/aromatic N) is 1. The number of hydrogen-bond acceptors (Lipinski definition) is 5. The molecular weight excluding hydrogens is 276 g/mol. The largest absolute Gasteiger partial charge is 0.371 e. The molecule has 0 aromatic carbocycles. The third-order valence-electron chi connectivity index (χ3n) is 6.42. The van der Waals surface area contributed by atoms with E-state index in [2.05, 4.69) is 27.9 Å². The number of piperidine rings is 2. The molecule has 126 valence electrons. The van der Waals surface area contributed by atoms with E-state index < -0.39 is 0 Å². The molecule has 5 nitrogen and oxygen atoms in total. The predicted molar refractivity (Wildman–Crippen MR) is 88.1 cm³/mol. The van der Waals surface area contributed by atoms with Crippen molar-refractivity contribution in [1.29, 1.82) is 0 Å². The highest BCUT2D eigenvalue weighted by atomic mass is 16.5. The Bertz CT molecular complexity index is 388. The van der Waals surface area contributed by atoms with Gasteiger partial charge < -0.3 is 25.6 Å². The summed E-state index contributed by atoms with van der Waals surface area (Å²) in [5.74, 6) is 0. The normalized spacial score (nSPS) is 47.3. The van der Waals surface area contributed by atoms with Crippen molar-refractivity contribution in [1.82, 2.24) is 20.9 Å². The fourth-order valence-corrected chi connectivity index (χ4v) is 5.13. The van der Waals surface area contributed by atoms with E-state index in [9.17, 15) is 0 Å². The minimum absolute atomic E-state index is 0.0756. The smallest absolute Gasteiger partial charge is 0.0933 e. The molecule has 0 aliphatic carbocycles. The van der Waals surface area contributed by atoms with Gasteiger partial charge in [-0.15, -0.1) is 0 Å². The van der Waals surface area contributed by atoms with Crippen LogP contribution in [0.15, 0.2) is 0 Å². The van der Waals surface area contributed by atoms with Crippen molar-refractivity contribution in [3.05, 3.63) is 0 Å². The van der Waals surface area contributed by atoms with Gasteiger partial charge in [0.05, 0.1) is 12.2 Å². The zero-order valence-corrected chi connectivity index (χ0v) is 14.0. The van der Waals surface area contributed by atoms with Gasteiger partial charge in [0.1, 0.15) is 0 Å². The van der Waals surface area contributed by atoms with Crippen molar-refractivity contribution in [2.45, 2.75) is 49.8 Å². The van der Waals surface area contributed by atoms with Crippen LogP contribution in [0.1, 0.15) is 32.1 Å².